The normalized spacial score (nSPS) is 17.7. The van der Waals surface area contributed by atoms with Gasteiger partial charge in [-0.25, -0.2) is 4.98 Å². The molecule has 3 heterocycles. The van der Waals surface area contributed by atoms with Crippen LogP contribution in [0.25, 0.3) is 11.0 Å². The van der Waals surface area contributed by atoms with Gasteiger partial charge in [-0.05, 0) is 42.5 Å². The van der Waals surface area contributed by atoms with Gasteiger partial charge < -0.3 is 14.8 Å². The van der Waals surface area contributed by atoms with Crippen LogP contribution >= 0.6 is 11.8 Å². The van der Waals surface area contributed by atoms with Gasteiger partial charge in [0.15, 0.2) is 5.16 Å². The summed E-state index contributed by atoms with van der Waals surface area (Å²) in [6.07, 6.45) is 10.5. The summed E-state index contributed by atoms with van der Waals surface area (Å²) in [6.45, 7) is 4.02. The molecule has 1 aromatic carbocycles. The van der Waals surface area contributed by atoms with Gasteiger partial charge in [-0.15, -0.1) is 0 Å². The van der Waals surface area contributed by atoms with E-state index in [1.54, 1.807) is 0 Å². The standard InChI is InChI=1S/C25H31N5OS/c31-24(29-14-12-26-13-15-29)21-8-6-19(7-9-21)17-30-23-16-27-11-10-22(23)28-25(30)32-18-20-4-2-1-3-5-20/h6-11,16,20,26H,1-5,12-15,17-18H2. The van der Waals surface area contributed by atoms with E-state index >= 15 is 0 Å². The van der Waals surface area contributed by atoms with Crippen LogP contribution in [0.4, 0.5) is 0 Å². The van der Waals surface area contributed by atoms with E-state index in [1.165, 1.54) is 37.7 Å². The number of nitrogens with one attached hydrogen (secondary N) is 1. The largest absolute Gasteiger partial charge is 0.336 e. The van der Waals surface area contributed by atoms with Crippen molar-refractivity contribution in [2.24, 2.45) is 5.92 Å². The molecule has 0 atom stereocenters. The second-order valence-electron chi connectivity index (χ2n) is 8.90. The molecule has 0 unspecified atom stereocenters. The van der Waals surface area contributed by atoms with Gasteiger partial charge >= 0.3 is 0 Å². The number of amides is 1. The minimum Gasteiger partial charge on any atom is -0.336 e. The molecule has 0 bridgehead atoms. The Balaban J connectivity index is 1.33. The summed E-state index contributed by atoms with van der Waals surface area (Å²) in [6, 6.07) is 10.1. The van der Waals surface area contributed by atoms with Crippen molar-refractivity contribution in [3.8, 4) is 0 Å². The summed E-state index contributed by atoms with van der Waals surface area (Å²) in [5.74, 6) is 2.06. The van der Waals surface area contributed by atoms with E-state index < -0.39 is 0 Å². The van der Waals surface area contributed by atoms with E-state index in [0.717, 1.165) is 66.1 Å². The van der Waals surface area contributed by atoms with Crippen LogP contribution < -0.4 is 5.32 Å². The van der Waals surface area contributed by atoms with Crippen LogP contribution in [0.1, 0.15) is 48.0 Å². The van der Waals surface area contributed by atoms with Gasteiger partial charge in [0, 0.05) is 43.7 Å². The molecule has 1 saturated carbocycles. The maximum Gasteiger partial charge on any atom is 0.253 e. The third-order valence-corrected chi connectivity index (χ3v) is 7.84. The number of nitrogens with zero attached hydrogens (tertiary/aromatic N) is 4. The number of hydrogen-bond acceptors (Lipinski definition) is 5. The Kier molecular flexibility index (Phi) is 6.74. The Morgan fingerprint density at radius 1 is 1.06 bits per heavy atom. The van der Waals surface area contributed by atoms with Crippen LogP contribution in [0.15, 0.2) is 47.9 Å². The number of piperazine rings is 1. The molecule has 1 aliphatic heterocycles. The second-order valence-corrected chi connectivity index (χ2v) is 9.89. The number of aromatic nitrogens is 3. The molecule has 2 fully saturated rings. The highest BCUT2D eigenvalue weighted by Gasteiger charge is 2.19. The molecule has 5 rings (SSSR count). The lowest BCUT2D eigenvalue weighted by Crippen LogP contribution is -2.46. The number of rotatable bonds is 6. The van der Waals surface area contributed by atoms with Gasteiger partial charge in [-0.2, -0.15) is 0 Å². The monoisotopic (exact) mass is 449 g/mol. The summed E-state index contributed by atoms with van der Waals surface area (Å²) >= 11 is 1.88. The third-order valence-electron chi connectivity index (χ3n) is 6.63. The van der Waals surface area contributed by atoms with Crippen LogP contribution in [0.3, 0.4) is 0 Å². The zero-order valence-corrected chi connectivity index (χ0v) is 19.3. The molecule has 2 aromatic heterocycles. The molecular weight excluding hydrogens is 418 g/mol. The average Bonchev–Trinajstić information content (AvgIpc) is 3.21. The van der Waals surface area contributed by atoms with Gasteiger partial charge in [0.2, 0.25) is 0 Å². The van der Waals surface area contributed by atoms with E-state index in [0.29, 0.717) is 0 Å². The van der Waals surface area contributed by atoms with Crippen LogP contribution in [0, 0.1) is 5.92 Å². The van der Waals surface area contributed by atoms with Gasteiger partial charge in [-0.1, -0.05) is 43.2 Å². The molecule has 6 nitrogen and oxygen atoms in total. The minimum atomic E-state index is 0.124. The first kappa shape index (κ1) is 21.5. The third kappa shape index (κ3) is 4.84. The highest BCUT2D eigenvalue weighted by molar-refractivity contribution is 7.99. The first-order valence-corrected chi connectivity index (χ1v) is 12.8. The molecular formula is C25H31N5OS. The number of benzene rings is 1. The van der Waals surface area contributed by atoms with Crippen molar-refractivity contribution in [1.29, 1.82) is 0 Å². The summed E-state index contributed by atoms with van der Waals surface area (Å²) < 4.78 is 2.28. The number of carbonyl (C=O) groups excluding carboxylic acids is 1. The zero-order valence-electron chi connectivity index (χ0n) is 18.5. The maximum absolute atomic E-state index is 12.8. The summed E-state index contributed by atoms with van der Waals surface area (Å²) in [7, 11) is 0. The van der Waals surface area contributed by atoms with E-state index in [4.69, 9.17) is 4.98 Å². The SMILES string of the molecule is O=C(c1ccc(Cn2c(SCC3CCCCC3)nc3ccncc32)cc1)N1CCNCC1. The molecule has 1 aliphatic carbocycles. The summed E-state index contributed by atoms with van der Waals surface area (Å²) in [5.41, 5.74) is 4.00. The molecule has 32 heavy (non-hydrogen) atoms. The molecule has 1 N–H and O–H groups in total. The first-order valence-electron chi connectivity index (χ1n) is 11.8. The highest BCUT2D eigenvalue weighted by Crippen LogP contribution is 2.31. The molecule has 2 aliphatic rings. The number of pyridine rings is 1. The average molecular weight is 450 g/mol. The van der Waals surface area contributed by atoms with Crippen molar-refractivity contribution in [3.05, 3.63) is 53.9 Å². The molecule has 0 spiro atoms. The lowest BCUT2D eigenvalue weighted by molar-refractivity contribution is 0.0736. The first-order chi connectivity index (χ1) is 15.8. The Morgan fingerprint density at radius 2 is 1.84 bits per heavy atom. The van der Waals surface area contributed by atoms with Crippen molar-refractivity contribution in [2.75, 3.05) is 31.9 Å². The van der Waals surface area contributed by atoms with E-state index in [1.807, 2.05) is 47.3 Å². The van der Waals surface area contributed by atoms with Crippen molar-refractivity contribution >= 4 is 28.7 Å². The number of thioether (sulfide) groups is 1. The van der Waals surface area contributed by atoms with Gasteiger partial charge in [0.05, 0.1) is 23.8 Å². The predicted octanol–water partition coefficient (Wildman–Crippen LogP) is 4.20. The lowest BCUT2D eigenvalue weighted by atomic mass is 9.91. The quantitative estimate of drug-likeness (QED) is 0.572. The van der Waals surface area contributed by atoms with Gasteiger partial charge in [0.25, 0.3) is 5.91 Å². The molecule has 1 saturated heterocycles. The fraction of sp³-hybridized carbons (Fsp3) is 0.480. The fourth-order valence-corrected chi connectivity index (χ4v) is 5.94. The minimum absolute atomic E-state index is 0.124. The predicted molar refractivity (Wildman–Crippen MR) is 129 cm³/mol. The van der Waals surface area contributed by atoms with E-state index in [9.17, 15) is 4.79 Å². The number of hydrogen-bond donors (Lipinski definition) is 1. The Hall–Kier alpha value is -2.38. The Morgan fingerprint density at radius 3 is 2.62 bits per heavy atom. The fourth-order valence-electron chi connectivity index (χ4n) is 4.74. The molecule has 0 radical (unpaired) electrons. The lowest BCUT2D eigenvalue weighted by Gasteiger charge is -2.27. The van der Waals surface area contributed by atoms with Crippen LogP contribution in [-0.4, -0.2) is 57.3 Å². The molecule has 1 amide bonds. The number of carbonyl (C=O) groups is 1. The summed E-state index contributed by atoms with van der Waals surface area (Å²) in [4.78, 5) is 24.0. The second kappa shape index (κ2) is 10.0. The van der Waals surface area contributed by atoms with Crippen molar-refractivity contribution in [2.45, 2.75) is 43.8 Å². The van der Waals surface area contributed by atoms with Crippen LogP contribution in [0.5, 0.6) is 0 Å². The smallest absolute Gasteiger partial charge is 0.253 e. The highest BCUT2D eigenvalue weighted by atomic mass is 32.2. The van der Waals surface area contributed by atoms with E-state index in [2.05, 4.69) is 27.0 Å². The van der Waals surface area contributed by atoms with Crippen LogP contribution in [-0.2, 0) is 6.54 Å². The van der Waals surface area contributed by atoms with Gasteiger partial charge in [-0.3, -0.25) is 9.78 Å². The number of imidazole rings is 1. The van der Waals surface area contributed by atoms with Gasteiger partial charge in [0.1, 0.15) is 0 Å². The Bertz CT molecular complexity index is 1050. The van der Waals surface area contributed by atoms with Crippen molar-refractivity contribution < 1.29 is 4.79 Å². The van der Waals surface area contributed by atoms with E-state index in [-0.39, 0.29) is 5.91 Å². The van der Waals surface area contributed by atoms with Crippen molar-refractivity contribution in [3.63, 3.8) is 0 Å². The molecule has 7 heteroatoms. The maximum atomic E-state index is 12.8. The molecule has 168 valence electrons. The molecule has 3 aromatic rings. The van der Waals surface area contributed by atoms with Crippen molar-refractivity contribution in [1.82, 2.24) is 24.8 Å². The number of fused-ring (bicyclic) bond motifs is 1. The summed E-state index contributed by atoms with van der Waals surface area (Å²) in [5, 5.41) is 4.37. The topological polar surface area (TPSA) is 63.1 Å². The Labute approximate surface area is 193 Å². The van der Waals surface area contributed by atoms with Crippen LogP contribution in [0.2, 0.25) is 0 Å². The zero-order chi connectivity index (χ0) is 21.8.